The van der Waals surface area contributed by atoms with E-state index in [4.69, 9.17) is 5.73 Å². The molecular formula is C21H30N2O2. The van der Waals surface area contributed by atoms with Gasteiger partial charge >= 0.3 is 0 Å². The van der Waals surface area contributed by atoms with Crippen LogP contribution in [0.1, 0.15) is 62.5 Å². The normalized spacial score (nSPS) is 26.2. The molecule has 2 aliphatic carbocycles. The van der Waals surface area contributed by atoms with E-state index >= 15 is 0 Å². The Kier molecular flexibility index (Phi) is 4.72. The molecule has 2 atom stereocenters. The Bertz CT molecular complexity index is 635. The zero-order valence-corrected chi connectivity index (χ0v) is 15.0. The Morgan fingerprint density at radius 1 is 1.16 bits per heavy atom. The van der Waals surface area contributed by atoms with Crippen LogP contribution in [0.2, 0.25) is 0 Å². The van der Waals surface area contributed by atoms with Gasteiger partial charge < -0.3 is 10.8 Å². The Balaban J connectivity index is 1.58. The van der Waals surface area contributed by atoms with Crippen molar-refractivity contribution in [3.05, 3.63) is 29.3 Å². The molecule has 0 unspecified atom stereocenters. The maximum absolute atomic E-state index is 12.2. The summed E-state index contributed by atoms with van der Waals surface area (Å²) in [6, 6.07) is 5.80. The van der Waals surface area contributed by atoms with Crippen molar-refractivity contribution in [1.29, 1.82) is 0 Å². The SMILES string of the molecule is NC(=O)[C@H]1Cc2ccc(O)cc2CN1[C@H](CC1CCCCC1)C1CC1. The number of nitrogens with zero attached hydrogens (tertiary/aromatic N) is 1. The van der Waals surface area contributed by atoms with Crippen molar-refractivity contribution >= 4 is 5.91 Å². The second-order valence-corrected chi connectivity index (χ2v) is 8.39. The van der Waals surface area contributed by atoms with E-state index < -0.39 is 0 Å². The molecule has 0 bridgehead atoms. The zero-order chi connectivity index (χ0) is 17.4. The molecule has 136 valence electrons. The minimum absolute atomic E-state index is 0.201. The molecule has 3 N–H and O–H groups in total. The number of nitrogens with two attached hydrogens (primary N) is 1. The lowest BCUT2D eigenvalue weighted by molar-refractivity contribution is -0.125. The van der Waals surface area contributed by atoms with Gasteiger partial charge in [0.15, 0.2) is 0 Å². The first kappa shape index (κ1) is 16.9. The highest BCUT2D eigenvalue weighted by Crippen LogP contribution is 2.43. The number of benzene rings is 1. The van der Waals surface area contributed by atoms with Gasteiger partial charge in [0, 0.05) is 12.6 Å². The third kappa shape index (κ3) is 3.69. The number of rotatable bonds is 5. The summed E-state index contributed by atoms with van der Waals surface area (Å²) in [6.45, 7) is 0.741. The van der Waals surface area contributed by atoms with E-state index in [1.807, 2.05) is 12.1 Å². The van der Waals surface area contributed by atoms with E-state index in [0.717, 1.165) is 29.5 Å². The van der Waals surface area contributed by atoms with Crippen LogP contribution in [-0.2, 0) is 17.8 Å². The van der Waals surface area contributed by atoms with Crippen LogP contribution in [0.5, 0.6) is 5.75 Å². The van der Waals surface area contributed by atoms with Crippen molar-refractivity contribution in [1.82, 2.24) is 4.90 Å². The Labute approximate surface area is 150 Å². The standard InChI is InChI=1S/C21H30N2O2/c22-21(25)20-12-16-8-9-18(24)11-17(16)13-23(20)19(15-6-7-15)10-14-4-2-1-3-5-14/h8-9,11,14-15,19-20,24H,1-7,10,12-13H2,(H2,22,25)/t19-,20-/m1/s1. The molecule has 1 aliphatic heterocycles. The number of aromatic hydroxyl groups is 1. The highest BCUT2D eigenvalue weighted by atomic mass is 16.3. The van der Waals surface area contributed by atoms with Gasteiger partial charge in [-0.15, -0.1) is 0 Å². The van der Waals surface area contributed by atoms with Gasteiger partial charge in [0.1, 0.15) is 5.75 Å². The first-order valence-corrected chi connectivity index (χ1v) is 9.97. The molecule has 0 aromatic heterocycles. The summed E-state index contributed by atoms with van der Waals surface area (Å²) in [6.07, 6.45) is 11.2. The highest BCUT2D eigenvalue weighted by molar-refractivity contribution is 5.80. The quantitative estimate of drug-likeness (QED) is 0.862. The number of carbonyl (C=O) groups excluding carboxylic acids is 1. The van der Waals surface area contributed by atoms with Crippen LogP contribution >= 0.6 is 0 Å². The lowest BCUT2D eigenvalue weighted by Crippen LogP contribution is -2.54. The molecule has 2 fully saturated rings. The third-order valence-corrected chi connectivity index (χ3v) is 6.58. The van der Waals surface area contributed by atoms with E-state index in [2.05, 4.69) is 4.90 Å². The molecule has 2 saturated carbocycles. The molecule has 1 aromatic carbocycles. The topological polar surface area (TPSA) is 66.6 Å². The fourth-order valence-electron chi connectivity index (χ4n) is 5.05. The molecule has 25 heavy (non-hydrogen) atoms. The van der Waals surface area contributed by atoms with Crippen LogP contribution in [0, 0.1) is 11.8 Å². The van der Waals surface area contributed by atoms with E-state index in [0.29, 0.717) is 18.2 Å². The van der Waals surface area contributed by atoms with Crippen molar-refractivity contribution in [2.45, 2.75) is 76.4 Å². The van der Waals surface area contributed by atoms with Crippen LogP contribution in [0.3, 0.4) is 0 Å². The largest absolute Gasteiger partial charge is 0.508 e. The summed E-state index contributed by atoms with van der Waals surface area (Å²) < 4.78 is 0. The van der Waals surface area contributed by atoms with Crippen molar-refractivity contribution < 1.29 is 9.90 Å². The summed E-state index contributed by atoms with van der Waals surface area (Å²) in [7, 11) is 0. The second kappa shape index (κ2) is 6.99. The van der Waals surface area contributed by atoms with Crippen molar-refractivity contribution in [2.75, 3.05) is 0 Å². The fraction of sp³-hybridized carbons (Fsp3) is 0.667. The molecular weight excluding hydrogens is 312 g/mol. The monoisotopic (exact) mass is 342 g/mol. The first-order chi connectivity index (χ1) is 12.1. The predicted molar refractivity (Wildman–Crippen MR) is 98.0 cm³/mol. The second-order valence-electron chi connectivity index (χ2n) is 8.39. The first-order valence-electron chi connectivity index (χ1n) is 9.97. The number of amides is 1. The van der Waals surface area contributed by atoms with Crippen LogP contribution in [0.15, 0.2) is 18.2 Å². The summed E-state index contributed by atoms with van der Waals surface area (Å²) in [4.78, 5) is 14.6. The summed E-state index contributed by atoms with van der Waals surface area (Å²) >= 11 is 0. The number of hydrogen-bond donors (Lipinski definition) is 2. The molecule has 3 aliphatic rings. The summed E-state index contributed by atoms with van der Waals surface area (Å²) in [5.74, 6) is 1.64. The number of primary amides is 1. The Hall–Kier alpha value is -1.55. The van der Waals surface area contributed by atoms with Gasteiger partial charge in [-0.2, -0.15) is 0 Å². The fourth-order valence-corrected chi connectivity index (χ4v) is 5.05. The van der Waals surface area contributed by atoms with Crippen molar-refractivity contribution in [3.8, 4) is 5.75 Å². The Morgan fingerprint density at radius 3 is 2.60 bits per heavy atom. The van der Waals surface area contributed by atoms with Gasteiger partial charge in [-0.25, -0.2) is 0 Å². The van der Waals surface area contributed by atoms with E-state index in [1.54, 1.807) is 6.07 Å². The number of phenolic OH excluding ortho intramolecular Hbond substituents is 1. The van der Waals surface area contributed by atoms with E-state index in [1.165, 1.54) is 51.4 Å². The predicted octanol–water partition coefficient (Wildman–Crippen LogP) is 3.35. The molecule has 1 amide bonds. The van der Waals surface area contributed by atoms with Crippen LogP contribution in [0.25, 0.3) is 0 Å². The molecule has 0 spiro atoms. The maximum atomic E-state index is 12.2. The average molecular weight is 342 g/mol. The molecule has 1 aromatic rings. The van der Waals surface area contributed by atoms with Gasteiger partial charge in [-0.1, -0.05) is 38.2 Å². The van der Waals surface area contributed by atoms with E-state index in [9.17, 15) is 9.90 Å². The Morgan fingerprint density at radius 2 is 1.92 bits per heavy atom. The molecule has 0 radical (unpaired) electrons. The smallest absolute Gasteiger partial charge is 0.235 e. The third-order valence-electron chi connectivity index (χ3n) is 6.58. The van der Waals surface area contributed by atoms with Gasteiger partial charge in [-0.05, 0) is 60.8 Å². The lowest BCUT2D eigenvalue weighted by Gasteiger charge is -2.42. The summed E-state index contributed by atoms with van der Waals surface area (Å²) in [5, 5.41) is 9.86. The average Bonchev–Trinajstić information content (AvgIpc) is 3.44. The van der Waals surface area contributed by atoms with Gasteiger partial charge in [0.05, 0.1) is 6.04 Å². The lowest BCUT2D eigenvalue weighted by atomic mass is 9.82. The van der Waals surface area contributed by atoms with Gasteiger partial charge in [0.2, 0.25) is 5.91 Å². The van der Waals surface area contributed by atoms with Crippen molar-refractivity contribution in [3.63, 3.8) is 0 Å². The number of phenols is 1. The molecule has 4 nitrogen and oxygen atoms in total. The van der Waals surface area contributed by atoms with Gasteiger partial charge in [0.25, 0.3) is 0 Å². The van der Waals surface area contributed by atoms with Crippen molar-refractivity contribution in [2.24, 2.45) is 17.6 Å². The number of carbonyl (C=O) groups is 1. The minimum Gasteiger partial charge on any atom is -0.508 e. The maximum Gasteiger partial charge on any atom is 0.235 e. The van der Waals surface area contributed by atoms with Crippen LogP contribution in [-0.4, -0.2) is 28.0 Å². The summed E-state index contributed by atoms with van der Waals surface area (Å²) in [5.41, 5.74) is 8.12. The van der Waals surface area contributed by atoms with E-state index in [-0.39, 0.29) is 11.9 Å². The number of hydrogen-bond acceptors (Lipinski definition) is 3. The minimum atomic E-state index is -0.203. The molecule has 4 heteroatoms. The molecule has 4 rings (SSSR count). The number of fused-ring (bicyclic) bond motifs is 1. The zero-order valence-electron chi connectivity index (χ0n) is 15.0. The highest BCUT2D eigenvalue weighted by Gasteiger charge is 2.42. The molecule has 1 heterocycles. The molecule has 0 saturated heterocycles. The van der Waals surface area contributed by atoms with Gasteiger partial charge in [-0.3, -0.25) is 9.69 Å². The van der Waals surface area contributed by atoms with Crippen LogP contribution < -0.4 is 5.73 Å². The van der Waals surface area contributed by atoms with Crippen LogP contribution in [0.4, 0.5) is 0 Å².